The molecule has 2 heterocycles. The number of amides is 1. The maximum atomic E-state index is 12.4. The van der Waals surface area contributed by atoms with Gasteiger partial charge in [0.2, 0.25) is 5.91 Å². The lowest BCUT2D eigenvalue weighted by atomic mass is 10.1. The van der Waals surface area contributed by atoms with E-state index in [0.717, 1.165) is 37.1 Å². The predicted octanol–water partition coefficient (Wildman–Crippen LogP) is 2.53. The van der Waals surface area contributed by atoms with Crippen LogP contribution in [0.3, 0.4) is 0 Å². The van der Waals surface area contributed by atoms with Crippen molar-refractivity contribution in [3.8, 4) is 5.75 Å². The Labute approximate surface area is 149 Å². The Kier molecular flexibility index (Phi) is 5.76. The molecule has 1 fully saturated rings. The minimum absolute atomic E-state index is 0.0935. The van der Waals surface area contributed by atoms with Crippen LogP contribution in [0.1, 0.15) is 30.1 Å². The molecule has 25 heavy (non-hydrogen) atoms. The SMILES string of the molecule is COc1ccccc1CCNC(=O)CN1CCC[C@H]1c1cccn1C. The summed E-state index contributed by atoms with van der Waals surface area (Å²) in [6.07, 6.45) is 5.10. The molecular weight excluding hydrogens is 314 g/mol. The number of likely N-dealkylation sites (tertiary alicyclic amines) is 1. The van der Waals surface area contributed by atoms with Crippen molar-refractivity contribution >= 4 is 5.91 Å². The van der Waals surface area contributed by atoms with Crippen LogP contribution in [0.15, 0.2) is 42.6 Å². The molecule has 0 radical (unpaired) electrons. The monoisotopic (exact) mass is 341 g/mol. The Morgan fingerprint density at radius 2 is 2.12 bits per heavy atom. The summed E-state index contributed by atoms with van der Waals surface area (Å²) in [5, 5.41) is 3.05. The average molecular weight is 341 g/mol. The van der Waals surface area contributed by atoms with Gasteiger partial charge in [0, 0.05) is 25.5 Å². The summed E-state index contributed by atoms with van der Waals surface area (Å²) in [6.45, 7) is 2.07. The van der Waals surface area contributed by atoms with Crippen LogP contribution >= 0.6 is 0 Å². The normalized spacial score (nSPS) is 17.6. The Bertz CT molecular complexity index is 710. The molecule has 1 N–H and O–H groups in total. The molecule has 0 spiro atoms. The number of nitrogens with zero attached hydrogens (tertiary/aromatic N) is 2. The molecule has 3 rings (SSSR count). The first-order valence-electron chi connectivity index (χ1n) is 8.93. The van der Waals surface area contributed by atoms with Crippen molar-refractivity contribution in [2.75, 3.05) is 26.7 Å². The molecule has 2 aromatic rings. The van der Waals surface area contributed by atoms with Gasteiger partial charge in [0.05, 0.1) is 19.7 Å². The van der Waals surface area contributed by atoms with Crippen molar-refractivity contribution in [2.45, 2.75) is 25.3 Å². The summed E-state index contributed by atoms with van der Waals surface area (Å²) in [4.78, 5) is 14.6. The van der Waals surface area contributed by atoms with Crippen LogP contribution < -0.4 is 10.1 Å². The lowest BCUT2D eigenvalue weighted by molar-refractivity contribution is -0.122. The van der Waals surface area contributed by atoms with Gasteiger partial charge in [0.25, 0.3) is 0 Å². The first kappa shape index (κ1) is 17.5. The van der Waals surface area contributed by atoms with Gasteiger partial charge in [-0.25, -0.2) is 0 Å². The third kappa shape index (κ3) is 4.23. The van der Waals surface area contributed by atoms with Gasteiger partial charge in [-0.3, -0.25) is 9.69 Å². The van der Waals surface area contributed by atoms with E-state index in [9.17, 15) is 4.79 Å². The summed E-state index contributed by atoms with van der Waals surface area (Å²) in [6, 6.07) is 12.5. The van der Waals surface area contributed by atoms with E-state index in [4.69, 9.17) is 4.74 Å². The van der Waals surface area contributed by atoms with Gasteiger partial charge in [-0.1, -0.05) is 18.2 Å². The molecule has 1 aromatic heterocycles. The summed E-state index contributed by atoms with van der Waals surface area (Å²) in [7, 11) is 3.74. The minimum Gasteiger partial charge on any atom is -0.496 e. The lowest BCUT2D eigenvalue weighted by Gasteiger charge is -2.24. The third-order valence-electron chi connectivity index (χ3n) is 4.94. The molecule has 1 atom stereocenters. The predicted molar refractivity (Wildman–Crippen MR) is 98.7 cm³/mol. The molecular formula is C20H27N3O2. The Morgan fingerprint density at radius 3 is 2.88 bits per heavy atom. The number of rotatable bonds is 7. The molecule has 5 nitrogen and oxygen atoms in total. The molecule has 134 valence electrons. The van der Waals surface area contributed by atoms with Gasteiger partial charge >= 0.3 is 0 Å². The van der Waals surface area contributed by atoms with E-state index in [0.29, 0.717) is 19.1 Å². The number of benzene rings is 1. The van der Waals surface area contributed by atoms with Gasteiger partial charge < -0.3 is 14.6 Å². The second kappa shape index (κ2) is 8.21. The summed E-state index contributed by atoms with van der Waals surface area (Å²) < 4.78 is 7.51. The topological polar surface area (TPSA) is 46.5 Å². The van der Waals surface area contributed by atoms with Crippen molar-refractivity contribution in [1.29, 1.82) is 0 Å². The highest BCUT2D eigenvalue weighted by Crippen LogP contribution is 2.31. The van der Waals surface area contributed by atoms with E-state index in [1.165, 1.54) is 5.69 Å². The fourth-order valence-electron chi connectivity index (χ4n) is 3.66. The zero-order valence-electron chi connectivity index (χ0n) is 15.1. The molecule has 1 aliphatic heterocycles. The molecule has 1 aromatic carbocycles. The molecule has 1 saturated heterocycles. The fraction of sp³-hybridized carbons (Fsp3) is 0.450. The highest BCUT2D eigenvalue weighted by molar-refractivity contribution is 5.78. The van der Waals surface area contributed by atoms with E-state index < -0.39 is 0 Å². The van der Waals surface area contributed by atoms with E-state index in [1.807, 2.05) is 24.3 Å². The van der Waals surface area contributed by atoms with E-state index in [-0.39, 0.29) is 5.91 Å². The number of methoxy groups -OCH3 is 1. The number of hydrogen-bond acceptors (Lipinski definition) is 3. The number of carbonyl (C=O) groups is 1. The van der Waals surface area contributed by atoms with Gasteiger partial charge in [-0.2, -0.15) is 0 Å². The van der Waals surface area contributed by atoms with Crippen LogP contribution in [0.5, 0.6) is 5.75 Å². The second-order valence-corrected chi connectivity index (χ2v) is 6.58. The maximum absolute atomic E-state index is 12.4. The fourth-order valence-corrected chi connectivity index (χ4v) is 3.66. The molecule has 1 amide bonds. The molecule has 0 unspecified atom stereocenters. The molecule has 0 saturated carbocycles. The van der Waals surface area contributed by atoms with Crippen LogP contribution in [-0.2, 0) is 18.3 Å². The first-order valence-corrected chi connectivity index (χ1v) is 8.93. The van der Waals surface area contributed by atoms with Crippen LogP contribution in [-0.4, -0.2) is 42.1 Å². The quantitative estimate of drug-likeness (QED) is 0.842. The summed E-state index contributed by atoms with van der Waals surface area (Å²) in [5.74, 6) is 0.969. The molecule has 0 bridgehead atoms. The molecule has 1 aliphatic rings. The number of aryl methyl sites for hydroxylation is 1. The van der Waals surface area contributed by atoms with E-state index in [2.05, 4.69) is 40.2 Å². The van der Waals surface area contributed by atoms with Gasteiger partial charge in [0.1, 0.15) is 5.75 Å². The van der Waals surface area contributed by atoms with Gasteiger partial charge in [0.15, 0.2) is 0 Å². The number of hydrogen-bond donors (Lipinski definition) is 1. The standard InChI is InChI=1S/C20H27N3O2/c1-22-13-5-8-17(22)18-9-6-14-23(18)15-20(24)21-12-11-16-7-3-4-10-19(16)25-2/h3-5,7-8,10,13,18H,6,9,11-12,14-15H2,1-2H3,(H,21,24)/t18-/m0/s1. The third-order valence-corrected chi connectivity index (χ3v) is 4.94. The van der Waals surface area contributed by atoms with E-state index >= 15 is 0 Å². The van der Waals surface area contributed by atoms with Crippen LogP contribution in [0.2, 0.25) is 0 Å². The van der Waals surface area contributed by atoms with Crippen LogP contribution in [0, 0.1) is 0 Å². The Morgan fingerprint density at radius 1 is 1.28 bits per heavy atom. The first-order chi connectivity index (χ1) is 12.2. The second-order valence-electron chi connectivity index (χ2n) is 6.58. The highest BCUT2D eigenvalue weighted by Gasteiger charge is 2.28. The van der Waals surface area contributed by atoms with Gasteiger partial charge in [-0.15, -0.1) is 0 Å². The van der Waals surface area contributed by atoms with Crippen LogP contribution in [0.4, 0.5) is 0 Å². The van der Waals surface area contributed by atoms with Gasteiger partial charge in [-0.05, 0) is 49.6 Å². The lowest BCUT2D eigenvalue weighted by Crippen LogP contribution is -2.38. The number of para-hydroxylation sites is 1. The van der Waals surface area contributed by atoms with Crippen LogP contribution in [0.25, 0.3) is 0 Å². The Balaban J connectivity index is 1.50. The van der Waals surface area contributed by atoms with Crippen molar-refractivity contribution in [3.63, 3.8) is 0 Å². The van der Waals surface area contributed by atoms with E-state index in [1.54, 1.807) is 7.11 Å². The van der Waals surface area contributed by atoms with Crippen molar-refractivity contribution in [3.05, 3.63) is 53.9 Å². The van der Waals surface area contributed by atoms with Crippen molar-refractivity contribution in [2.24, 2.45) is 7.05 Å². The number of carbonyl (C=O) groups excluding carboxylic acids is 1. The highest BCUT2D eigenvalue weighted by atomic mass is 16.5. The largest absolute Gasteiger partial charge is 0.496 e. The zero-order chi connectivity index (χ0) is 17.6. The smallest absolute Gasteiger partial charge is 0.234 e. The summed E-state index contributed by atoms with van der Waals surface area (Å²) in [5.41, 5.74) is 2.41. The molecule has 0 aliphatic carbocycles. The zero-order valence-corrected chi connectivity index (χ0v) is 15.1. The maximum Gasteiger partial charge on any atom is 0.234 e. The van der Waals surface area contributed by atoms with Crippen molar-refractivity contribution < 1.29 is 9.53 Å². The number of ether oxygens (including phenoxy) is 1. The summed E-state index contributed by atoms with van der Waals surface area (Å²) >= 11 is 0. The number of aromatic nitrogens is 1. The minimum atomic E-state index is 0.0935. The Hall–Kier alpha value is -2.27. The average Bonchev–Trinajstić information content (AvgIpc) is 3.23. The molecule has 5 heteroatoms. The number of nitrogens with one attached hydrogen (secondary N) is 1. The van der Waals surface area contributed by atoms with Crippen molar-refractivity contribution in [1.82, 2.24) is 14.8 Å².